The second-order valence-electron chi connectivity index (χ2n) is 7.60. The van der Waals surface area contributed by atoms with E-state index >= 15 is 0 Å². The van der Waals surface area contributed by atoms with Crippen molar-refractivity contribution in [2.45, 2.75) is 55.1 Å². The van der Waals surface area contributed by atoms with Crippen LogP contribution in [0.1, 0.15) is 55.7 Å². The van der Waals surface area contributed by atoms with E-state index in [0.29, 0.717) is 10.9 Å². The predicted octanol–water partition coefficient (Wildman–Crippen LogP) is 4.85. The first-order valence-electron chi connectivity index (χ1n) is 9.18. The summed E-state index contributed by atoms with van der Waals surface area (Å²) >= 11 is 13.6. The highest BCUT2D eigenvalue weighted by atomic mass is 35.5. The number of aromatic nitrogens is 2. The molecule has 1 saturated heterocycles. The molecular weight excluding hydrogens is 421 g/mol. The standard InChI is InChI=1S/C19H21Cl2N3O3S/c1-18(2,27-12-7-5-11(6-8-12)13-10-19(13,20)21)16(25)22-17-24-23-15(28-17)14-4-3-9-26-14/h5-8,13-14H,3-4,9-10H2,1-2H3,(H,22,24,25). The molecule has 2 aromatic rings. The van der Waals surface area contributed by atoms with Crippen molar-refractivity contribution >= 4 is 45.6 Å². The van der Waals surface area contributed by atoms with Gasteiger partial charge < -0.3 is 9.47 Å². The summed E-state index contributed by atoms with van der Waals surface area (Å²) in [5, 5.41) is 12.2. The molecule has 1 N–H and O–H groups in total. The van der Waals surface area contributed by atoms with Crippen LogP contribution in [0, 0.1) is 0 Å². The summed E-state index contributed by atoms with van der Waals surface area (Å²) in [6, 6.07) is 7.51. The quantitative estimate of drug-likeness (QED) is 0.648. The Morgan fingerprint density at radius 1 is 1.32 bits per heavy atom. The molecule has 1 saturated carbocycles. The molecule has 2 unspecified atom stereocenters. The Balaban J connectivity index is 1.36. The lowest BCUT2D eigenvalue weighted by molar-refractivity contribution is -0.128. The molecule has 28 heavy (non-hydrogen) atoms. The van der Waals surface area contributed by atoms with E-state index in [0.717, 1.165) is 36.4 Å². The Morgan fingerprint density at radius 3 is 2.64 bits per heavy atom. The van der Waals surface area contributed by atoms with Crippen LogP contribution in [0.15, 0.2) is 24.3 Å². The molecule has 150 valence electrons. The van der Waals surface area contributed by atoms with Gasteiger partial charge in [-0.15, -0.1) is 33.4 Å². The summed E-state index contributed by atoms with van der Waals surface area (Å²) in [4.78, 5) is 12.7. The lowest BCUT2D eigenvalue weighted by Gasteiger charge is -2.24. The molecule has 0 bridgehead atoms. The van der Waals surface area contributed by atoms with Crippen molar-refractivity contribution in [3.05, 3.63) is 34.8 Å². The largest absolute Gasteiger partial charge is 0.478 e. The number of carbonyl (C=O) groups excluding carboxylic acids is 1. The van der Waals surface area contributed by atoms with Gasteiger partial charge in [-0.1, -0.05) is 23.5 Å². The zero-order chi connectivity index (χ0) is 19.9. The summed E-state index contributed by atoms with van der Waals surface area (Å²) in [6.45, 7) is 4.16. The van der Waals surface area contributed by atoms with E-state index < -0.39 is 9.93 Å². The van der Waals surface area contributed by atoms with Crippen molar-refractivity contribution in [2.75, 3.05) is 11.9 Å². The molecule has 9 heteroatoms. The number of rotatable bonds is 6. The lowest BCUT2D eigenvalue weighted by Crippen LogP contribution is -2.42. The molecular formula is C19H21Cl2N3O3S. The number of carbonyl (C=O) groups is 1. The van der Waals surface area contributed by atoms with Crippen LogP contribution >= 0.6 is 34.5 Å². The van der Waals surface area contributed by atoms with E-state index in [1.54, 1.807) is 13.8 Å². The Bertz CT molecular complexity index is 864. The Kier molecular flexibility index (Phi) is 5.29. The topological polar surface area (TPSA) is 73.3 Å². The Hall–Kier alpha value is -1.41. The van der Waals surface area contributed by atoms with Crippen molar-refractivity contribution in [3.63, 3.8) is 0 Å². The highest BCUT2D eigenvalue weighted by Crippen LogP contribution is 2.59. The number of halogens is 2. The summed E-state index contributed by atoms with van der Waals surface area (Å²) in [6.07, 6.45) is 2.68. The Labute approximate surface area is 177 Å². The summed E-state index contributed by atoms with van der Waals surface area (Å²) in [7, 11) is 0. The SMILES string of the molecule is CC(C)(Oc1ccc(C2CC2(Cl)Cl)cc1)C(=O)Nc1nnc(C2CCCO2)s1. The summed E-state index contributed by atoms with van der Waals surface area (Å²) in [5.74, 6) is 0.447. The highest BCUT2D eigenvalue weighted by molar-refractivity contribution is 7.15. The van der Waals surface area contributed by atoms with Gasteiger partial charge in [-0.05, 0) is 50.8 Å². The maximum Gasteiger partial charge on any atom is 0.269 e. The van der Waals surface area contributed by atoms with E-state index in [1.807, 2.05) is 24.3 Å². The molecule has 2 fully saturated rings. The van der Waals surface area contributed by atoms with Gasteiger partial charge in [0.15, 0.2) is 5.60 Å². The third-order valence-electron chi connectivity index (χ3n) is 4.89. The minimum absolute atomic E-state index is 0.0166. The number of amides is 1. The van der Waals surface area contributed by atoms with Gasteiger partial charge in [0.25, 0.3) is 5.91 Å². The van der Waals surface area contributed by atoms with Gasteiger partial charge in [0, 0.05) is 12.5 Å². The van der Waals surface area contributed by atoms with Crippen LogP contribution in [-0.2, 0) is 9.53 Å². The van der Waals surface area contributed by atoms with E-state index in [-0.39, 0.29) is 17.9 Å². The number of nitrogens with one attached hydrogen (secondary N) is 1. The third kappa shape index (κ3) is 4.27. The monoisotopic (exact) mass is 441 g/mol. The van der Waals surface area contributed by atoms with Crippen LogP contribution in [-0.4, -0.2) is 32.6 Å². The molecule has 2 aliphatic rings. The molecule has 4 rings (SSSR count). The van der Waals surface area contributed by atoms with Gasteiger partial charge in [-0.2, -0.15) is 0 Å². The molecule has 0 spiro atoms. The predicted molar refractivity (Wildman–Crippen MR) is 109 cm³/mol. The first-order valence-corrected chi connectivity index (χ1v) is 10.8. The Morgan fingerprint density at radius 2 is 2.04 bits per heavy atom. The smallest absolute Gasteiger partial charge is 0.269 e. The molecule has 1 aromatic carbocycles. The van der Waals surface area contributed by atoms with Crippen molar-refractivity contribution in [2.24, 2.45) is 0 Å². The van der Waals surface area contributed by atoms with Gasteiger partial charge in [-0.25, -0.2) is 0 Å². The van der Waals surface area contributed by atoms with Crippen LogP contribution in [0.25, 0.3) is 0 Å². The third-order valence-corrected chi connectivity index (χ3v) is 6.66. The minimum atomic E-state index is -1.08. The van der Waals surface area contributed by atoms with Crippen LogP contribution < -0.4 is 10.1 Å². The fraction of sp³-hybridized carbons (Fsp3) is 0.526. The number of hydrogen-bond acceptors (Lipinski definition) is 6. The van der Waals surface area contributed by atoms with Gasteiger partial charge >= 0.3 is 0 Å². The van der Waals surface area contributed by atoms with Gasteiger partial charge in [0.2, 0.25) is 5.13 Å². The van der Waals surface area contributed by atoms with Gasteiger partial charge in [-0.3, -0.25) is 10.1 Å². The molecule has 6 nitrogen and oxygen atoms in total. The van der Waals surface area contributed by atoms with E-state index in [2.05, 4.69) is 15.5 Å². The number of ether oxygens (including phenoxy) is 2. The van der Waals surface area contributed by atoms with Crippen LogP contribution in [0.5, 0.6) is 5.75 Å². The minimum Gasteiger partial charge on any atom is -0.478 e. The summed E-state index contributed by atoms with van der Waals surface area (Å²) in [5.41, 5.74) is -0.0189. The zero-order valence-corrected chi connectivity index (χ0v) is 17.9. The molecule has 2 atom stereocenters. The first-order chi connectivity index (χ1) is 13.2. The first kappa shape index (κ1) is 19.9. The number of hydrogen-bond donors (Lipinski definition) is 1. The molecule has 2 heterocycles. The van der Waals surface area contributed by atoms with Crippen LogP contribution in [0.4, 0.5) is 5.13 Å². The van der Waals surface area contributed by atoms with Gasteiger partial charge in [0.1, 0.15) is 21.2 Å². The number of anilines is 1. The maximum atomic E-state index is 12.7. The number of benzene rings is 1. The molecule has 1 aliphatic carbocycles. The van der Waals surface area contributed by atoms with Crippen LogP contribution in [0.3, 0.4) is 0 Å². The van der Waals surface area contributed by atoms with Crippen molar-refractivity contribution in [1.29, 1.82) is 0 Å². The fourth-order valence-electron chi connectivity index (χ4n) is 3.12. The molecule has 1 aromatic heterocycles. The second-order valence-corrected chi connectivity index (χ2v) is 10.2. The van der Waals surface area contributed by atoms with Crippen molar-refractivity contribution in [3.8, 4) is 5.75 Å². The molecule has 0 radical (unpaired) electrons. The second kappa shape index (κ2) is 7.44. The number of nitrogens with zero attached hydrogens (tertiary/aromatic N) is 2. The summed E-state index contributed by atoms with van der Waals surface area (Å²) < 4.78 is 10.8. The lowest BCUT2D eigenvalue weighted by atomic mass is 10.1. The average Bonchev–Trinajstić information content (AvgIpc) is 3.07. The van der Waals surface area contributed by atoms with Crippen molar-refractivity contribution in [1.82, 2.24) is 10.2 Å². The van der Waals surface area contributed by atoms with E-state index in [9.17, 15) is 4.79 Å². The number of alkyl halides is 2. The molecule has 1 amide bonds. The van der Waals surface area contributed by atoms with Crippen LogP contribution in [0.2, 0.25) is 0 Å². The normalized spacial score (nSPS) is 23.4. The zero-order valence-electron chi connectivity index (χ0n) is 15.6. The average molecular weight is 442 g/mol. The molecule has 1 aliphatic heterocycles. The van der Waals surface area contributed by atoms with E-state index in [4.69, 9.17) is 32.7 Å². The maximum absolute atomic E-state index is 12.7. The van der Waals surface area contributed by atoms with E-state index in [1.165, 1.54) is 11.3 Å². The highest BCUT2D eigenvalue weighted by Gasteiger charge is 2.52. The van der Waals surface area contributed by atoms with Gasteiger partial charge in [0.05, 0.1) is 0 Å². The van der Waals surface area contributed by atoms with Crippen molar-refractivity contribution < 1.29 is 14.3 Å². The fourth-order valence-corrected chi connectivity index (χ4v) is 4.50.